The van der Waals surface area contributed by atoms with Crippen LogP contribution in [-0.4, -0.2) is 29.4 Å². The predicted molar refractivity (Wildman–Crippen MR) is 74.1 cm³/mol. The molecule has 2 N–H and O–H groups in total. The molecule has 1 saturated carbocycles. The van der Waals surface area contributed by atoms with Crippen LogP contribution >= 0.6 is 0 Å². The Bertz CT molecular complexity index is 290. The maximum Gasteiger partial charge on any atom is 0.222 e. The zero-order valence-electron chi connectivity index (χ0n) is 11.9. The van der Waals surface area contributed by atoms with Crippen LogP contribution in [0.15, 0.2) is 0 Å². The van der Waals surface area contributed by atoms with E-state index in [-0.39, 0.29) is 6.04 Å². The standard InChI is InChI=1S/C15H28N2O/c1-11-9-10-17(15(18)8-7-12(2)16)14-6-4-3-5-13(11)14/h11-14H,3-10,16H2,1-2H3. The molecule has 2 aliphatic rings. The van der Waals surface area contributed by atoms with Crippen LogP contribution in [0.2, 0.25) is 0 Å². The number of nitrogens with zero attached hydrogens (tertiary/aromatic N) is 1. The van der Waals surface area contributed by atoms with Crippen LogP contribution in [0.1, 0.15) is 58.8 Å². The SMILES string of the molecule is CC(N)CCC(=O)N1CCC(C)C2CCCCC21. The number of fused-ring (bicyclic) bond motifs is 1. The van der Waals surface area contributed by atoms with Gasteiger partial charge in [0.2, 0.25) is 5.91 Å². The highest BCUT2D eigenvalue weighted by molar-refractivity contribution is 5.76. The van der Waals surface area contributed by atoms with Crippen molar-refractivity contribution in [3.8, 4) is 0 Å². The summed E-state index contributed by atoms with van der Waals surface area (Å²) in [4.78, 5) is 14.5. The number of carbonyl (C=O) groups is 1. The highest BCUT2D eigenvalue weighted by atomic mass is 16.2. The molecular formula is C15H28N2O. The Morgan fingerprint density at radius 3 is 2.78 bits per heavy atom. The number of carbonyl (C=O) groups excluding carboxylic acids is 1. The first-order valence-electron chi connectivity index (χ1n) is 7.64. The van der Waals surface area contributed by atoms with Gasteiger partial charge in [0, 0.05) is 25.0 Å². The first-order chi connectivity index (χ1) is 8.59. The normalized spacial score (nSPS) is 33.9. The number of hydrogen-bond acceptors (Lipinski definition) is 2. The monoisotopic (exact) mass is 252 g/mol. The quantitative estimate of drug-likeness (QED) is 0.839. The molecule has 1 aliphatic carbocycles. The van der Waals surface area contributed by atoms with Crippen molar-refractivity contribution in [1.82, 2.24) is 4.90 Å². The van der Waals surface area contributed by atoms with Gasteiger partial charge in [-0.3, -0.25) is 4.79 Å². The number of likely N-dealkylation sites (tertiary alicyclic amines) is 1. The molecule has 1 amide bonds. The fourth-order valence-corrected chi connectivity index (χ4v) is 3.72. The molecule has 1 saturated heterocycles. The van der Waals surface area contributed by atoms with Crippen molar-refractivity contribution in [3.63, 3.8) is 0 Å². The number of rotatable bonds is 3. The van der Waals surface area contributed by atoms with E-state index < -0.39 is 0 Å². The fourth-order valence-electron chi connectivity index (χ4n) is 3.72. The summed E-state index contributed by atoms with van der Waals surface area (Å²) < 4.78 is 0. The molecule has 2 fully saturated rings. The minimum Gasteiger partial charge on any atom is -0.339 e. The molecule has 0 bridgehead atoms. The van der Waals surface area contributed by atoms with Gasteiger partial charge in [0.05, 0.1) is 0 Å². The van der Waals surface area contributed by atoms with E-state index in [4.69, 9.17) is 5.73 Å². The molecule has 0 spiro atoms. The summed E-state index contributed by atoms with van der Waals surface area (Å²) in [6.07, 6.45) is 7.84. The van der Waals surface area contributed by atoms with Crippen molar-refractivity contribution in [2.24, 2.45) is 17.6 Å². The van der Waals surface area contributed by atoms with Crippen LogP contribution in [0.4, 0.5) is 0 Å². The van der Waals surface area contributed by atoms with Gasteiger partial charge >= 0.3 is 0 Å². The summed E-state index contributed by atoms with van der Waals surface area (Å²) in [5.74, 6) is 1.90. The van der Waals surface area contributed by atoms with Crippen LogP contribution in [0, 0.1) is 11.8 Å². The molecule has 4 atom stereocenters. The number of piperidine rings is 1. The van der Waals surface area contributed by atoms with Crippen molar-refractivity contribution in [3.05, 3.63) is 0 Å². The van der Waals surface area contributed by atoms with Gasteiger partial charge in [-0.05, 0) is 44.4 Å². The maximum absolute atomic E-state index is 12.3. The maximum atomic E-state index is 12.3. The first-order valence-corrected chi connectivity index (χ1v) is 7.64. The molecule has 0 aromatic rings. The minimum atomic E-state index is 0.139. The average Bonchev–Trinajstić information content (AvgIpc) is 2.37. The zero-order chi connectivity index (χ0) is 13.1. The summed E-state index contributed by atoms with van der Waals surface area (Å²) in [5, 5.41) is 0. The van der Waals surface area contributed by atoms with Crippen molar-refractivity contribution >= 4 is 5.91 Å². The minimum absolute atomic E-state index is 0.139. The van der Waals surface area contributed by atoms with Crippen molar-refractivity contribution in [2.45, 2.75) is 70.9 Å². The average molecular weight is 252 g/mol. The molecule has 104 valence electrons. The van der Waals surface area contributed by atoms with Gasteiger partial charge < -0.3 is 10.6 Å². The molecule has 1 heterocycles. The van der Waals surface area contributed by atoms with Crippen molar-refractivity contribution < 1.29 is 4.79 Å². The second-order valence-electron chi connectivity index (χ2n) is 6.38. The van der Waals surface area contributed by atoms with E-state index in [0.29, 0.717) is 18.4 Å². The lowest BCUT2D eigenvalue weighted by atomic mass is 9.72. The van der Waals surface area contributed by atoms with Crippen LogP contribution in [0.5, 0.6) is 0 Å². The predicted octanol–water partition coefficient (Wildman–Crippen LogP) is 2.54. The third-order valence-electron chi connectivity index (χ3n) is 4.87. The van der Waals surface area contributed by atoms with Gasteiger partial charge in [-0.1, -0.05) is 19.8 Å². The van der Waals surface area contributed by atoms with Crippen LogP contribution in [0.25, 0.3) is 0 Å². The zero-order valence-corrected chi connectivity index (χ0v) is 11.9. The Morgan fingerprint density at radius 2 is 2.06 bits per heavy atom. The first kappa shape index (κ1) is 13.9. The second kappa shape index (κ2) is 6.05. The van der Waals surface area contributed by atoms with Gasteiger partial charge in [0.25, 0.3) is 0 Å². The van der Waals surface area contributed by atoms with Gasteiger partial charge in [-0.15, -0.1) is 0 Å². The topological polar surface area (TPSA) is 46.3 Å². The van der Waals surface area contributed by atoms with E-state index in [1.54, 1.807) is 0 Å². The molecule has 2 rings (SSSR count). The van der Waals surface area contributed by atoms with Crippen LogP contribution in [-0.2, 0) is 4.79 Å². The molecular weight excluding hydrogens is 224 g/mol. The fraction of sp³-hybridized carbons (Fsp3) is 0.933. The summed E-state index contributed by atoms with van der Waals surface area (Å²) in [7, 11) is 0. The van der Waals surface area contributed by atoms with Gasteiger partial charge in [0.15, 0.2) is 0 Å². The van der Waals surface area contributed by atoms with Gasteiger partial charge in [-0.2, -0.15) is 0 Å². The lowest BCUT2D eigenvalue weighted by Crippen LogP contribution is -2.52. The summed E-state index contributed by atoms with van der Waals surface area (Å²) in [6, 6.07) is 0.669. The molecule has 3 nitrogen and oxygen atoms in total. The summed E-state index contributed by atoms with van der Waals surface area (Å²) in [6.45, 7) is 5.32. The molecule has 1 aliphatic heterocycles. The summed E-state index contributed by atoms with van der Waals surface area (Å²) >= 11 is 0. The molecule has 4 unspecified atom stereocenters. The Labute approximate surface area is 111 Å². The highest BCUT2D eigenvalue weighted by Crippen LogP contribution is 2.39. The van der Waals surface area contributed by atoms with Crippen LogP contribution < -0.4 is 5.73 Å². The smallest absolute Gasteiger partial charge is 0.222 e. The Hall–Kier alpha value is -0.570. The third-order valence-corrected chi connectivity index (χ3v) is 4.87. The Balaban J connectivity index is 1.96. The molecule has 0 radical (unpaired) electrons. The molecule has 18 heavy (non-hydrogen) atoms. The molecule has 0 aromatic heterocycles. The van der Waals surface area contributed by atoms with Crippen molar-refractivity contribution in [2.75, 3.05) is 6.54 Å². The van der Waals surface area contributed by atoms with Gasteiger partial charge in [-0.25, -0.2) is 0 Å². The van der Waals surface area contributed by atoms with Crippen LogP contribution in [0.3, 0.4) is 0 Å². The lowest BCUT2D eigenvalue weighted by molar-refractivity contribution is -0.139. The van der Waals surface area contributed by atoms with E-state index in [0.717, 1.165) is 24.8 Å². The number of nitrogens with two attached hydrogens (primary N) is 1. The van der Waals surface area contributed by atoms with Crippen molar-refractivity contribution in [1.29, 1.82) is 0 Å². The molecule has 3 heteroatoms. The third kappa shape index (κ3) is 3.05. The Morgan fingerprint density at radius 1 is 1.33 bits per heavy atom. The molecule has 0 aromatic carbocycles. The largest absolute Gasteiger partial charge is 0.339 e. The summed E-state index contributed by atoms with van der Waals surface area (Å²) in [5.41, 5.74) is 5.75. The van der Waals surface area contributed by atoms with E-state index in [2.05, 4.69) is 11.8 Å². The van der Waals surface area contributed by atoms with E-state index in [1.165, 1.54) is 32.1 Å². The number of hydrogen-bond donors (Lipinski definition) is 1. The van der Waals surface area contributed by atoms with E-state index in [1.807, 2.05) is 6.92 Å². The van der Waals surface area contributed by atoms with E-state index in [9.17, 15) is 4.79 Å². The lowest BCUT2D eigenvalue weighted by Gasteiger charge is -2.47. The second-order valence-corrected chi connectivity index (χ2v) is 6.38. The Kier molecular flexibility index (Phi) is 4.66. The van der Waals surface area contributed by atoms with Gasteiger partial charge in [0.1, 0.15) is 0 Å². The van der Waals surface area contributed by atoms with E-state index >= 15 is 0 Å². The number of amides is 1. The highest BCUT2D eigenvalue weighted by Gasteiger charge is 2.38.